The second-order valence-corrected chi connectivity index (χ2v) is 3.85. The lowest BCUT2D eigenvalue weighted by molar-refractivity contribution is -0.136. The van der Waals surface area contributed by atoms with Crippen molar-refractivity contribution in [1.82, 2.24) is 0 Å². The van der Waals surface area contributed by atoms with Crippen LogP contribution in [-0.2, 0) is 9.53 Å². The summed E-state index contributed by atoms with van der Waals surface area (Å²) >= 11 is 0. The van der Waals surface area contributed by atoms with Gasteiger partial charge in [-0.15, -0.1) is 0 Å². The van der Waals surface area contributed by atoms with Crippen molar-refractivity contribution in [2.75, 3.05) is 14.2 Å². The summed E-state index contributed by atoms with van der Waals surface area (Å²) in [4.78, 5) is 11.3. The average Bonchev–Trinajstić information content (AvgIpc) is 2.36. The maximum atomic E-state index is 12.4. The van der Waals surface area contributed by atoms with Crippen LogP contribution >= 0.6 is 0 Å². The van der Waals surface area contributed by atoms with E-state index in [0.29, 0.717) is 11.3 Å². The Balaban J connectivity index is 3.01. The molecule has 0 saturated heterocycles. The van der Waals surface area contributed by atoms with Gasteiger partial charge < -0.3 is 22.4 Å². The van der Waals surface area contributed by atoms with Crippen LogP contribution in [0.25, 0.3) is 6.08 Å². The first-order valence-electron chi connectivity index (χ1n) is 5.49. The first-order valence-corrected chi connectivity index (χ1v) is 5.49. The first-order chi connectivity index (χ1) is 8.85. The van der Waals surface area contributed by atoms with E-state index in [2.05, 4.69) is 4.74 Å². The minimum absolute atomic E-state index is 0.417. The number of hydrogen-bond donors (Lipinski definition) is 0. The molecule has 0 fully saturated rings. The van der Waals surface area contributed by atoms with Gasteiger partial charge in [-0.2, -0.15) is 0 Å². The third-order valence-corrected chi connectivity index (χ3v) is 2.36. The summed E-state index contributed by atoms with van der Waals surface area (Å²) in [6.45, 7) is -5.10. The number of methoxy groups -OCH3 is 2. The number of ether oxygens (including phenoxy) is 2. The fourth-order valence-corrected chi connectivity index (χ4v) is 1.48. The van der Waals surface area contributed by atoms with E-state index in [-0.39, 0.29) is 0 Å². The predicted octanol–water partition coefficient (Wildman–Crippen LogP) is 3.10. The van der Waals surface area contributed by atoms with Gasteiger partial charge in [-0.1, -0.05) is 18.5 Å². The van der Waals surface area contributed by atoms with Crippen molar-refractivity contribution in [3.05, 3.63) is 35.4 Å². The van der Waals surface area contributed by atoms with E-state index in [0.717, 1.165) is 7.11 Å². The number of carbonyl (C=O) groups excluding carboxylic acids is 1. The Bertz CT molecular complexity index is 466. The van der Waals surface area contributed by atoms with Gasteiger partial charge in [-0.25, -0.2) is 4.79 Å². The fraction of sp³-hybridized carbons (Fsp3) is 0.250. The van der Waals surface area contributed by atoms with Crippen LogP contribution in [0, 0.1) is 0 Å². The SMILES string of the molecule is COC(=O)/C(=C/c1ccc(OC)cc1)C[B-](F)(F)F. The Morgan fingerprint density at radius 2 is 1.79 bits per heavy atom. The topological polar surface area (TPSA) is 35.5 Å². The van der Waals surface area contributed by atoms with Crippen molar-refractivity contribution < 1.29 is 27.2 Å². The summed E-state index contributed by atoms with van der Waals surface area (Å²) in [5.74, 6) is -0.396. The highest BCUT2D eigenvalue weighted by atomic mass is 19.4. The largest absolute Gasteiger partial charge is 0.497 e. The molecular weight excluding hydrogens is 260 g/mol. The zero-order valence-electron chi connectivity index (χ0n) is 10.5. The van der Waals surface area contributed by atoms with Crippen molar-refractivity contribution in [1.29, 1.82) is 0 Å². The second-order valence-electron chi connectivity index (χ2n) is 3.85. The molecule has 3 nitrogen and oxygen atoms in total. The van der Waals surface area contributed by atoms with Crippen molar-refractivity contribution in [2.24, 2.45) is 0 Å². The van der Waals surface area contributed by atoms with Crippen LogP contribution in [0.5, 0.6) is 5.75 Å². The van der Waals surface area contributed by atoms with Gasteiger partial charge in [-0.05, 0) is 23.8 Å². The first kappa shape index (κ1) is 15.1. The van der Waals surface area contributed by atoms with E-state index in [1.54, 1.807) is 24.3 Å². The lowest BCUT2D eigenvalue weighted by atomic mass is 9.81. The minimum atomic E-state index is -5.10. The lowest BCUT2D eigenvalue weighted by Gasteiger charge is -2.15. The molecule has 0 N–H and O–H groups in total. The molecule has 0 amide bonds. The van der Waals surface area contributed by atoms with Crippen molar-refractivity contribution in [3.63, 3.8) is 0 Å². The van der Waals surface area contributed by atoms with E-state index < -0.39 is 24.8 Å². The number of hydrogen-bond acceptors (Lipinski definition) is 3. The number of rotatable bonds is 5. The van der Waals surface area contributed by atoms with Gasteiger partial charge in [0.25, 0.3) is 0 Å². The van der Waals surface area contributed by atoms with E-state index in [1.165, 1.54) is 13.2 Å². The Labute approximate surface area is 109 Å². The zero-order chi connectivity index (χ0) is 14.5. The van der Waals surface area contributed by atoms with Crippen LogP contribution in [0.15, 0.2) is 29.8 Å². The van der Waals surface area contributed by atoms with Crippen LogP contribution in [0.3, 0.4) is 0 Å². The molecule has 0 bridgehead atoms. The van der Waals surface area contributed by atoms with Gasteiger partial charge in [-0.3, -0.25) is 0 Å². The molecular formula is C12H13BF3O3-. The molecule has 0 aliphatic heterocycles. The molecule has 104 valence electrons. The summed E-state index contributed by atoms with van der Waals surface area (Å²) < 4.78 is 46.5. The molecule has 1 aromatic carbocycles. The smallest absolute Gasteiger partial charge is 0.482 e. The monoisotopic (exact) mass is 273 g/mol. The molecule has 0 radical (unpaired) electrons. The number of esters is 1. The van der Waals surface area contributed by atoms with E-state index >= 15 is 0 Å². The second kappa shape index (κ2) is 6.31. The fourth-order valence-electron chi connectivity index (χ4n) is 1.48. The van der Waals surface area contributed by atoms with Crippen molar-refractivity contribution >= 4 is 19.0 Å². The Morgan fingerprint density at radius 1 is 1.21 bits per heavy atom. The highest BCUT2D eigenvalue weighted by Gasteiger charge is 2.27. The molecule has 0 aromatic heterocycles. The van der Waals surface area contributed by atoms with Crippen LogP contribution in [0.2, 0.25) is 6.32 Å². The third-order valence-electron chi connectivity index (χ3n) is 2.36. The van der Waals surface area contributed by atoms with Crippen LogP contribution in [-0.4, -0.2) is 27.2 Å². The summed E-state index contributed by atoms with van der Waals surface area (Å²) in [5, 5.41) is 0. The maximum Gasteiger partial charge on any atom is 0.482 e. The van der Waals surface area contributed by atoms with Crippen LogP contribution in [0.1, 0.15) is 5.56 Å². The van der Waals surface area contributed by atoms with Gasteiger partial charge >= 0.3 is 12.9 Å². The highest BCUT2D eigenvalue weighted by Crippen LogP contribution is 2.24. The normalized spacial score (nSPS) is 12.2. The zero-order valence-corrected chi connectivity index (χ0v) is 10.5. The van der Waals surface area contributed by atoms with Gasteiger partial charge in [0, 0.05) is 5.57 Å². The summed E-state index contributed by atoms with van der Waals surface area (Å²) in [6, 6.07) is 6.31. The molecule has 1 rings (SSSR count). The Morgan fingerprint density at radius 3 is 2.21 bits per heavy atom. The van der Waals surface area contributed by atoms with Gasteiger partial charge in [0.15, 0.2) is 0 Å². The molecule has 0 atom stereocenters. The standard InChI is InChI=1S/C12H13BF3O3/c1-18-11-5-3-9(4-6-11)7-10(12(17)19-2)8-13(14,15)16/h3-7H,8H2,1-2H3/q-1/b10-7+. The van der Waals surface area contributed by atoms with Crippen LogP contribution in [0.4, 0.5) is 12.9 Å². The van der Waals surface area contributed by atoms with Gasteiger partial charge in [0.05, 0.1) is 14.2 Å². The number of benzene rings is 1. The van der Waals surface area contributed by atoms with E-state index in [1.807, 2.05) is 0 Å². The van der Waals surface area contributed by atoms with Crippen molar-refractivity contribution in [2.45, 2.75) is 6.32 Å². The Hall–Kier alpha value is -1.92. The molecule has 0 saturated carbocycles. The maximum absolute atomic E-state index is 12.4. The van der Waals surface area contributed by atoms with Crippen LogP contribution < -0.4 is 4.74 Å². The number of halogens is 3. The molecule has 0 aliphatic carbocycles. The summed E-state index contributed by atoms with van der Waals surface area (Å²) in [5.41, 5.74) is 0.0569. The van der Waals surface area contributed by atoms with Gasteiger partial charge in [0.2, 0.25) is 0 Å². The van der Waals surface area contributed by atoms with Gasteiger partial charge in [0.1, 0.15) is 5.75 Å². The molecule has 0 aliphatic rings. The number of carbonyl (C=O) groups is 1. The average molecular weight is 273 g/mol. The Kier molecular flexibility index (Phi) is 5.03. The lowest BCUT2D eigenvalue weighted by Crippen LogP contribution is -2.19. The molecule has 19 heavy (non-hydrogen) atoms. The molecule has 0 heterocycles. The summed E-state index contributed by atoms with van der Waals surface area (Å²) in [7, 11) is 2.53. The minimum Gasteiger partial charge on any atom is -0.497 e. The van der Waals surface area contributed by atoms with Crippen molar-refractivity contribution in [3.8, 4) is 5.75 Å². The molecule has 0 spiro atoms. The summed E-state index contributed by atoms with van der Waals surface area (Å²) in [6.07, 6.45) is -0.0980. The predicted molar refractivity (Wildman–Crippen MR) is 66.9 cm³/mol. The highest BCUT2D eigenvalue weighted by molar-refractivity contribution is 6.60. The molecule has 1 aromatic rings. The third kappa shape index (κ3) is 5.07. The molecule has 7 heteroatoms. The molecule has 0 unspecified atom stereocenters. The van der Waals surface area contributed by atoms with E-state index in [9.17, 15) is 17.7 Å². The van der Waals surface area contributed by atoms with E-state index in [4.69, 9.17) is 4.74 Å². The quantitative estimate of drug-likeness (QED) is 0.469.